The van der Waals surface area contributed by atoms with Crippen LogP contribution in [0.25, 0.3) is 5.65 Å². The average Bonchev–Trinajstić information content (AvgIpc) is 2.72. The number of hydrogen-bond donors (Lipinski definition) is 1. The Hall–Kier alpha value is -1.46. The molecule has 0 spiro atoms. The number of pyridine rings is 1. The molecule has 2 aromatic heterocycles. The number of nitrogens with zero attached hydrogens (tertiary/aromatic N) is 4. The first-order valence-electron chi connectivity index (χ1n) is 5.98. The molecule has 17 heavy (non-hydrogen) atoms. The molecule has 5 nitrogen and oxygen atoms in total. The Morgan fingerprint density at radius 1 is 1.47 bits per heavy atom. The summed E-state index contributed by atoms with van der Waals surface area (Å²) in [4.78, 5) is 6.92. The van der Waals surface area contributed by atoms with Crippen LogP contribution in [0.1, 0.15) is 17.4 Å². The van der Waals surface area contributed by atoms with Gasteiger partial charge in [-0.3, -0.25) is 4.90 Å². The number of hydrogen-bond acceptors (Lipinski definition) is 4. The zero-order valence-electron chi connectivity index (χ0n) is 10.2. The molecule has 0 aromatic carbocycles. The molecule has 0 radical (unpaired) electrons. The monoisotopic (exact) mass is 231 g/mol. The van der Waals surface area contributed by atoms with Crippen molar-refractivity contribution in [2.45, 2.75) is 13.0 Å². The molecule has 2 aromatic rings. The Kier molecular flexibility index (Phi) is 2.57. The number of piperazine rings is 1. The standard InChI is InChI=1S/C12H17N5/c1-9-3-5-17-11(7-9)14-12(15-17)10-8-13-4-6-16(10)2/h3,5,7,10,13H,4,6,8H2,1-2H3. The fourth-order valence-corrected chi connectivity index (χ4v) is 2.24. The number of nitrogens with one attached hydrogen (secondary N) is 1. The molecule has 0 saturated carbocycles. The summed E-state index contributed by atoms with van der Waals surface area (Å²) in [6.45, 7) is 5.08. The van der Waals surface area contributed by atoms with E-state index >= 15 is 0 Å². The molecule has 1 saturated heterocycles. The van der Waals surface area contributed by atoms with Crippen molar-refractivity contribution in [2.24, 2.45) is 0 Å². The Morgan fingerprint density at radius 2 is 2.35 bits per heavy atom. The van der Waals surface area contributed by atoms with Crippen LogP contribution in [0.15, 0.2) is 18.3 Å². The molecule has 3 heterocycles. The molecule has 1 unspecified atom stereocenters. The maximum Gasteiger partial charge on any atom is 0.170 e. The second-order valence-electron chi connectivity index (χ2n) is 4.68. The van der Waals surface area contributed by atoms with E-state index < -0.39 is 0 Å². The van der Waals surface area contributed by atoms with Gasteiger partial charge < -0.3 is 5.32 Å². The topological polar surface area (TPSA) is 45.5 Å². The molecule has 1 aliphatic rings. The quantitative estimate of drug-likeness (QED) is 0.781. The molecule has 0 bridgehead atoms. The molecule has 1 fully saturated rings. The number of aryl methyl sites for hydroxylation is 1. The van der Waals surface area contributed by atoms with Gasteiger partial charge in [0.2, 0.25) is 0 Å². The van der Waals surface area contributed by atoms with Crippen molar-refractivity contribution >= 4 is 5.65 Å². The van der Waals surface area contributed by atoms with Crippen molar-refractivity contribution in [3.63, 3.8) is 0 Å². The van der Waals surface area contributed by atoms with Crippen molar-refractivity contribution < 1.29 is 0 Å². The normalized spacial score (nSPS) is 22.1. The lowest BCUT2D eigenvalue weighted by Crippen LogP contribution is -2.44. The highest BCUT2D eigenvalue weighted by atomic mass is 15.3. The number of aromatic nitrogens is 3. The summed E-state index contributed by atoms with van der Waals surface area (Å²) in [5.74, 6) is 0.908. The van der Waals surface area contributed by atoms with Gasteiger partial charge in [-0.25, -0.2) is 9.50 Å². The summed E-state index contributed by atoms with van der Waals surface area (Å²) >= 11 is 0. The van der Waals surface area contributed by atoms with Crippen LogP contribution in [-0.4, -0.2) is 46.2 Å². The lowest BCUT2D eigenvalue weighted by molar-refractivity contribution is 0.194. The van der Waals surface area contributed by atoms with E-state index in [-0.39, 0.29) is 6.04 Å². The van der Waals surface area contributed by atoms with Gasteiger partial charge in [0.1, 0.15) is 0 Å². The van der Waals surface area contributed by atoms with Crippen LogP contribution in [-0.2, 0) is 0 Å². The minimum absolute atomic E-state index is 0.281. The Labute approximate surface area is 100 Å². The Morgan fingerprint density at radius 3 is 3.18 bits per heavy atom. The molecule has 0 amide bonds. The summed E-state index contributed by atoms with van der Waals surface area (Å²) in [7, 11) is 2.13. The Bertz CT molecular complexity index is 533. The number of likely N-dealkylation sites (N-methyl/N-ethyl adjacent to an activating group) is 1. The van der Waals surface area contributed by atoms with Gasteiger partial charge >= 0.3 is 0 Å². The molecule has 1 atom stereocenters. The average molecular weight is 231 g/mol. The van der Waals surface area contributed by atoms with E-state index in [0.717, 1.165) is 31.1 Å². The fourth-order valence-electron chi connectivity index (χ4n) is 2.24. The van der Waals surface area contributed by atoms with Crippen LogP contribution in [0.5, 0.6) is 0 Å². The third-order valence-electron chi connectivity index (χ3n) is 3.32. The highest BCUT2D eigenvalue weighted by Crippen LogP contribution is 2.18. The predicted molar refractivity (Wildman–Crippen MR) is 66.0 cm³/mol. The molecule has 5 heteroatoms. The molecule has 3 rings (SSSR count). The molecule has 0 aliphatic carbocycles. The van der Waals surface area contributed by atoms with E-state index in [1.807, 2.05) is 16.8 Å². The van der Waals surface area contributed by atoms with Crippen molar-refractivity contribution in [2.75, 3.05) is 26.7 Å². The Balaban J connectivity index is 1.99. The second kappa shape index (κ2) is 4.09. The highest BCUT2D eigenvalue weighted by Gasteiger charge is 2.24. The van der Waals surface area contributed by atoms with E-state index in [9.17, 15) is 0 Å². The van der Waals surface area contributed by atoms with Crippen molar-refractivity contribution in [3.05, 3.63) is 29.7 Å². The highest BCUT2D eigenvalue weighted by molar-refractivity contribution is 5.40. The van der Waals surface area contributed by atoms with Crippen LogP contribution < -0.4 is 5.32 Å². The van der Waals surface area contributed by atoms with E-state index in [4.69, 9.17) is 0 Å². The lowest BCUT2D eigenvalue weighted by Gasteiger charge is -2.30. The van der Waals surface area contributed by atoms with Crippen LogP contribution in [0.2, 0.25) is 0 Å². The van der Waals surface area contributed by atoms with Crippen LogP contribution >= 0.6 is 0 Å². The maximum atomic E-state index is 4.62. The van der Waals surface area contributed by atoms with E-state index in [1.54, 1.807) is 0 Å². The van der Waals surface area contributed by atoms with Gasteiger partial charge in [0.15, 0.2) is 11.5 Å². The molecular formula is C12H17N5. The first-order valence-corrected chi connectivity index (χ1v) is 5.98. The van der Waals surface area contributed by atoms with Crippen LogP contribution in [0, 0.1) is 6.92 Å². The molecule has 90 valence electrons. The summed E-state index contributed by atoms with van der Waals surface area (Å²) in [6.07, 6.45) is 1.97. The van der Waals surface area contributed by atoms with Gasteiger partial charge in [0, 0.05) is 25.8 Å². The largest absolute Gasteiger partial charge is 0.313 e. The molecule has 1 N–H and O–H groups in total. The van der Waals surface area contributed by atoms with Crippen molar-refractivity contribution in [1.29, 1.82) is 0 Å². The zero-order chi connectivity index (χ0) is 11.8. The summed E-state index contributed by atoms with van der Waals surface area (Å²) < 4.78 is 1.85. The van der Waals surface area contributed by atoms with E-state index in [0.29, 0.717) is 0 Å². The van der Waals surface area contributed by atoms with Gasteiger partial charge in [-0.05, 0) is 31.7 Å². The maximum absolute atomic E-state index is 4.62. The zero-order valence-corrected chi connectivity index (χ0v) is 10.2. The summed E-state index contributed by atoms with van der Waals surface area (Å²) in [6, 6.07) is 4.39. The fraction of sp³-hybridized carbons (Fsp3) is 0.500. The van der Waals surface area contributed by atoms with Gasteiger partial charge in [0.05, 0.1) is 6.04 Å². The SMILES string of the molecule is Cc1ccn2nc(C3CNCCN3C)nc2c1. The van der Waals surface area contributed by atoms with Gasteiger partial charge in [-0.2, -0.15) is 0 Å². The third kappa shape index (κ3) is 1.92. The van der Waals surface area contributed by atoms with E-state index in [2.05, 4.69) is 40.3 Å². The summed E-state index contributed by atoms with van der Waals surface area (Å²) in [5.41, 5.74) is 2.14. The summed E-state index contributed by atoms with van der Waals surface area (Å²) in [5, 5.41) is 7.94. The number of rotatable bonds is 1. The second-order valence-corrected chi connectivity index (χ2v) is 4.68. The smallest absolute Gasteiger partial charge is 0.170 e. The van der Waals surface area contributed by atoms with Crippen LogP contribution in [0.3, 0.4) is 0 Å². The third-order valence-corrected chi connectivity index (χ3v) is 3.32. The first kappa shape index (κ1) is 10.7. The molecular weight excluding hydrogens is 214 g/mol. The predicted octanol–water partition coefficient (Wildman–Crippen LogP) is 0.614. The van der Waals surface area contributed by atoms with Crippen LogP contribution in [0.4, 0.5) is 0 Å². The molecule has 1 aliphatic heterocycles. The number of fused-ring (bicyclic) bond motifs is 1. The van der Waals surface area contributed by atoms with Gasteiger partial charge in [0.25, 0.3) is 0 Å². The minimum Gasteiger partial charge on any atom is -0.313 e. The first-order chi connectivity index (χ1) is 8.24. The van der Waals surface area contributed by atoms with Gasteiger partial charge in [-0.1, -0.05) is 0 Å². The minimum atomic E-state index is 0.281. The lowest BCUT2D eigenvalue weighted by atomic mass is 10.2. The van der Waals surface area contributed by atoms with Crippen molar-refractivity contribution in [3.8, 4) is 0 Å². The van der Waals surface area contributed by atoms with Crippen molar-refractivity contribution in [1.82, 2.24) is 24.8 Å². The van der Waals surface area contributed by atoms with E-state index in [1.165, 1.54) is 5.56 Å². The van der Waals surface area contributed by atoms with Gasteiger partial charge in [-0.15, -0.1) is 5.10 Å².